The number of pyridine rings is 1. The van der Waals surface area contributed by atoms with Gasteiger partial charge in [0.25, 0.3) is 5.91 Å². The Balaban J connectivity index is 2.55. The number of rotatable bonds is 2. The fourth-order valence-corrected chi connectivity index (χ4v) is 1.66. The van der Waals surface area contributed by atoms with Gasteiger partial charge in [-0.15, -0.1) is 0 Å². The van der Waals surface area contributed by atoms with Crippen molar-refractivity contribution < 1.29 is 14.0 Å². The summed E-state index contributed by atoms with van der Waals surface area (Å²) >= 11 is 5.84. The Morgan fingerprint density at radius 3 is 2.94 bits per heavy atom. The van der Waals surface area contributed by atoms with E-state index in [2.05, 4.69) is 15.3 Å². The molecule has 0 bridgehead atoms. The molecule has 2 rings (SSSR count). The number of hydrogen-bond acceptors (Lipinski definition) is 3. The summed E-state index contributed by atoms with van der Waals surface area (Å²) in [6.45, 7) is 0. The van der Waals surface area contributed by atoms with Crippen molar-refractivity contribution in [2.75, 3.05) is 7.11 Å². The van der Waals surface area contributed by atoms with Crippen LogP contribution in [-0.2, 0) is 4.84 Å². The van der Waals surface area contributed by atoms with Crippen molar-refractivity contribution in [1.82, 2.24) is 10.5 Å². The van der Waals surface area contributed by atoms with Gasteiger partial charge in [0.15, 0.2) is 0 Å². The zero-order valence-corrected chi connectivity index (χ0v) is 9.58. The maximum absolute atomic E-state index is 13.0. The Morgan fingerprint density at radius 2 is 2.24 bits per heavy atom. The maximum Gasteiger partial charge on any atom is 0.277 e. The molecule has 0 aliphatic rings. The van der Waals surface area contributed by atoms with Crippen LogP contribution in [0.25, 0.3) is 10.9 Å². The molecule has 88 valence electrons. The van der Waals surface area contributed by atoms with E-state index in [9.17, 15) is 9.18 Å². The fraction of sp³-hybridized carbons (Fsp3) is 0.0909. The number of benzene rings is 1. The number of nitrogens with one attached hydrogen (secondary N) is 1. The van der Waals surface area contributed by atoms with Crippen molar-refractivity contribution in [2.45, 2.75) is 0 Å². The molecular formula is C11H8ClFN2O2. The molecule has 0 saturated carbocycles. The highest BCUT2D eigenvalue weighted by molar-refractivity contribution is 6.33. The van der Waals surface area contributed by atoms with Crippen LogP contribution in [0.1, 0.15) is 10.4 Å². The summed E-state index contributed by atoms with van der Waals surface area (Å²) in [5.74, 6) is -0.911. The number of fused-ring (bicyclic) bond motifs is 1. The summed E-state index contributed by atoms with van der Waals surface area (Å²) in [4.78, 5) is 20.0. The summed E-state index contributed by atoms with van der Waals surface area (Å²) in [6, 6.07) is 5.59. The van der Waals surface area contributed by atoms with E-state index in [1.807, 2.05) is 0 Å². The quantitative estimate of drug-likeness (QED) is 0.661. The maximum atomic E-state index is 13.0. The first kappa shape index (κ1) is 11.8. The molecular weight excluding hydrogens is 247 g/mol. The molecule has 4 nitrogen and oxygen atoms in total. The molecule has 0 spiro atoms. The minimum Gasteiger partial charge on any atom is -0.277 e. The molecule has 6 heteroatoms. The van der Waals surface area contributed by atoms with Gasteiger partial charge in [-0.3, -0.25) is 9.63 Å². The first-order valence-corrected chi connectivity index (χ1v) is 5.09. The van der Waals surface area contributed by atoms with Gasteiger partial charge < -0.3 is 0 Å². The highest BCUT2D eigenvalue weighted by Crippen LogP contribution is 2.21. The van der Waals surface area contributed by atoms with Crippen LogP contribution < -0.4 is 5.48 Å². The average Bonchev–Trinajstić information content (AvgIpc) is 2.28. The number of carbonyl (C=O) groups is 1. The zero-order chi connectivity index (χ0) is 12.4. The first-order valence-electron chi connectivity index (χ1n) is 4.71. The third kappa shape index (κ3) is 2.35. The lowest BCUT2D eigenvalue weighted by Gasteiger charge is -2.05. The van der Waals surface area contributed by atoms with E-state index in [0.717, 1.165) is 0 Å². The Morgan fingerprint density at radius 1 is 1.47 bits per heavy atom. The van der Waals surface area contributed by atoms with Gasteiger partial charge >= 0.3 is 0 Å². The molecule has 1 heterocycles. The van der Waals surface area contributed by atoms with Crippen LogP contribution in [0.5, 0.6) is 0 Å². The van der Waals surface area contributed by atoms with Gasteiger partial charge in [-0.2, -0.15) is 0 Å². The topological polar surface area (TPSA) is 51.2 Å². The molecule has 2 aromatic rings. The van der Waals surface area contributed by atoms with E-state index >= 15 is 0 Å². The minimum atomic E-state index is -0.503. The molecule has 0 saturated heterocycles. The molecule has 0 aliphatic carbocycles. The van der Waals surface area contributed by atoms with E-state index < -0.39 is 11.7 Å². The minimum absolute atomic E-state index is 0.00218. The van der Waals surface area contributed by atoms with Gasteiger partial charge in [-0.05, 0) is 18.2 Å². The lowest BCUT2D eigenvalue weighted by molar-refractivity contribution is 0.0537. The molecule has 0 unspecified atom stereocenters. The van der Waals surface area contributed by atoms with Crippen LogP contribution >= 0.6 is 11.6 Å². The second-order valence-corrected chi connectivity index (χ2v) is 3.66. The largest absolute Gasteiger partial charge is 0.277 e. The van der Waals surface area contributed by atoms with Gasteiger partial charge in [0.05, 0.1) is 18.2 Å². The van der Waals surface area contributed by atoms with Crippen molar-refractivity contribution in [3.8, 4) is 0 Å². The zero-order valence-electron chi connectivity index (χ0n) is 8.83. The second kappa shape index (κ2) is 4.65. The highest BCUT2D eigenvalue weighted by atomic mass is 35.5. The molecule has 1 aromatic carbocycles. The number of halogens is 2. The van der Waals surface area contributed by atoms with Gasteiger partial charge in [0.2, 0.25) is 0 Å². The molecule has 0 radical (unpaired) electrons. The van der Waals surface area contributed by atoms with Crippen molar-refractivity contribution in [3.05, 3.63) is 40.8 Å². The molecule has 0 fully saturated rings. The molecule has 17 heavy (non-hydrogen) atoms. The highest BCUT2D eigenvalue weighted by Gasteiger charge is 2.13. The van der Waals surface area contributed by atoms with Crippen molar-refractivity contribution in [3.63, 3.8) is 0 Å². The molecule has 0 atom stereocenters. The second-order valence-electron chi connectivity index (χ2n) is 3.30. The lowest BCUT2D eigenvalue weighted by Crippen LogP contribution is -2.22. The molecule has 1 amide bonds. The predicted octanol–water partition coefficient (Wildman–Crippen LogP) is 2.32. The average molecular weight is 255 g/mol. The van der Waals surface area contributed by atoms with Gasteiger partial charge in [0.1, 0.15) is 11.0 Å². The van der Waals surface area contributed by atoms with Crippen LogP contribution in [0, 0.1) is 5.82 Å². The van der Waals surface area contributed by atoms with E-state index in [4.69, 9.17) is 11.6 Å². The van der Waals surface area contributed by atoms with Crippen molar-refractivity contribution in [1.29, 1.82) is 0 Å². The first-order chi connectivity index (χ1) is 8.11. The molecule has 0 aliphatic heterocycles. The third-order valence-electron chi connectivity index (χ3n) is 2.17. The SMILES string of the molecule is CONC(=O)c1cc2ccc(F)cc2nc1Cl. The van der Waals surface area contributed by atoms with Crippen LogP contribution in [0.4, 0.5) is 4.39 Å². The van der Waals surface area contributed by atoms with E-state index in [1.54, 1.807) is 0 Å². The summed E-state index contributed by atoms with van der Waals surface area (Å²) in [7, 11) is 1.32. The summed E-state index contributed by atoms with van der Waals surface area (Å²) < 4.78 is 13.0. The number of hydrogen-bond donors (Lipinski definition) is 1. The Kier molecular flexibility index (Phi) is 3.21. The Bertz CT molecular complexity index is 589. The van der Waals surface area contributed by atoms with Gasteiger partial charge in [-0.25, -0.2) is 14.9 Å². The van der Waals surface area contributed by atoms with Crippen LogP contribution in [0.15, 0.2) is 24.3 Å². The van der Waals surface area contributed by atoms with Gasteiger partial charge in [0, 0.05) is 11.5 Å². The van der Waals surface area contributed by atoms with Crippen LogP contribution in [-0.4, -0.2) is 18.0 Å². The monoisotopic (exact) mass is 254 g/mol. The Hall–Kier alpha value is -1.72. The van der Waals surface area contributed by atoms with Gasteiger partial charge in [-0.1, -0.05) is 11.6 Å². The normalized spacial score (nSPS) is 10.5. The standard InChI is InChI=1S/C11H8ClFN2O2/c1-17-15-11(16)8-4-6-2-3-7(13)5-9(6)14-10(8)12/h2-5H,1H3,(H,15,16). The van der Waals surface area contributed by atoms with Crippen molar-refractivity contribution >= 4 is 28.4 Å². The molecule has 1 aromatic heterocycles. The van der Waals surface area contributed by atoms with Crippen molar-refractivity contribution in [2.24, 2.45) is 0 Å². The smallest absolute Gasteiger partial charge is 0.277 e. The molecule has 1 N–H and O–H groups in total. The number of amides is 1. The summed E-state index contributed by atoms with van der Waals surface area (Å²) in [6.07, 6.45) is 0. The number of nitrogens with zero attached hydrogens (tertiary/aromatic N) is 1. The lowest BCUT2D eigenvalue weighted by atomic mass is 10.1. The summed E-state index contributed by atoms with van der Waals surface area (Å²) in [5, 5.41) is 0.620. The number of aromatic nitrogens is 1. The fourth-order valence-electron chi connectivity index (χ4n) is 1.42. The van der Waals surface area contributed by atoms with Crippen LogP contribution in [0.2, 0.25) is 5.15 Å². The Labute approximate surface area is 101 Å². The number of hydroxylamine groups is 1. The van der Waals surface area contributed by atoms with E-state index in [1.165, 1.54) is 31.4 Å². The van der Waals surface area contributed by atoms with E-state index in [0.29, 0.717) is 10.9 Å². The summed E-state index contributed by atoms with van der Waals surface area (Å²) in [5.41, 5.74) is 2.71. The van der Waals surface area contributed by atoms with Crippen LogP contribution in [0.3, 0.4) is 0 Å². The van der Waals surface area contributed by atoms with E-state index in [-0.39, 0.29) is 10.7 Å². The third-order valence-corrected chi connectivity index (χ3v) is 2.46. The predicted molar refractivity (Wildman–Crippen MR) is 61.2 cm³/mol. The number of carbonyl (C=O) groups excluding carboxylic acids is 1.